The number of carbonyl (C=O) groups excluding carboxylic acids is 1. The number of thiazole rings is 1. The summed E-state index contributed by atoms with van der Waals surface area (Å²) in [5, 5.41) is 0.754. The second kappa shape index (κ2) is 10.5. The Balaban J connectivity index is 0.00000240. The van der Waals surface area contributed by atoms with E-state index in [0.29, 0.717) is 12.1 Å². The molecule has 29 heavy (non-hydrogen) atoms. The van der Waals surface area contributed by atoms with Gasteiger partial charge < -0.3 is 4.74 Å². The molecule has 0 aliphatic carbocycles. The van der Waals surface area contributed by atoms with Crippen LogP contribution in [0.4, 0.5) is 5.13 Å². The van der Waals surface area contributed by atoms with Crippen molar-refractivity contribution in [1.82, 2.24) is 9.88 Å². The summed E-state index contributed by atoms with van der Waals surface area (Å²) in [6, 6.07) is 15.6. The van der Waals surface area contributed by atoms with Crippen LogP contribution in [-0.2, 0) is 4.74 Å². The number of benzene rings is 2. The van der Waals surface area contributed by atoms with Gasteiger partial charge in [0.15, 0.2) is 5.13 Å². The maximum absolute atomic E-state index is 13.4. The van der Waals surface area contributed by atoms with Gasteiger partial charge in [0.2, 0.25) is 0 Å². The normalized spacial score (nSPS) is 14.5. The molecule has 4 rings (SSSR count). The van der Waals surface area contributed by atoms with Crippen molar-refractivity contribution >= 4 is 60.9 Å². The van der Waals surface area contributed by atoms with Crippen LogP contribution >= 0.6 is 39.7 Å². The van der Waals surface area contributed by atoms with E-state index < -0.39 is 0 Å². The monoisotopic (exact) mass is 495 g/mol. The summed E-state index contributed by atoms with van der Waals surface area (Å²) in [6.07, 6.45) is 0.895. The molecule has 8 heteroatoms. The predicted molar refractivity (Wildman–Crippen MR) is 125 cm³/mol. The highest BCUT2D eigenvalue weighted by molar-refractivity contribution is 9.10. The minimum atomic E-state index is -0.0199. The van der Waals surface area contributed by atoms with Gasteiger partial charge >= 0.3 is 0 Å². The van der Waals surface area contributed by atoms with Crippen LogP contribution in [0.1, 0.15) is 16.8 Å². The Morgan fingerprint density at radius 3 is 2.62 bits per heavy atom. The van der Waals surface area contributed by atoms with E-state index >= 15 is 0 Å². The maximum atomic E-state index is 13.4. The highest BCUT2D eigenvalue weighted by Gasteiger charge is 2.23. The highest BCUT2D eigenvalue weighted by Crippen LogP contribution is 2.30. The summed E-state index contributed by atoms with van der Waals surface area (Å²) in [5.74, 6) is -0.0199. The molecule has 1 aliphatic heterocycles. The Labute approximate surface area is 189 Å². The van der Waals surface area contributed by atoms with E-state index in [1.807, 2.05) is 53.4 Å². The first-order valence-electron chi connectivity index (χ1n) is 9.44. The number of nitrogens with zero attached hydrogens (tertiary/aromatic N) is 3. The average molecular weight is 497 g/mol. The largest absolute Gasteiger partial charge is 0.379 e. The van der Waals surface area contributed by atoms with Crippen LogP contribution in [0.15, 0.2) is 53.0 Å². The SMILES string of the molecule is Cl.O=C(c1ccccc1Br)N(CCCN1CCOCC1)c1nc2ccccc2s1. The number of halogens is 2. The van der Waals surface area contributed by atoms with Crippen LogP contribution in [0.2, 0.25) is 0 Å². The Kier molecular flexibility index (Phi) is 8.03. The number of hydrogen-bond acceptors (Lipinski definition) is 5. The van der Waals surface area contributed by atoms with Crippen molar-refractivity contribution in [3.8, 4) is 0 Å². The van der Waals surface area contributed by atoms with Crippen molar-refractivity contribution in [3.63, 3.8) is 0 Å². The first-order valence-corrected chi connectivity index (χ1v) is 11.1. The smallest absolute Gasteiger partial charge is 0.261 e. The van der Waals surface area contributed by atoms with E-state index in [9.17, 15) is 4.79 Å². The molecule has 5 nitrogen and oxygen atoms in total. The van der Waals surface area contributed by atoms with Crippen molar-refractivity contribution in [3.05, 3.63) is 58.6 Å². The second-order valence-corrected chi connectivity index (χ2v) is 8.57. The number of fused-ring (bicyclic) bond motifs is 1. The lowest BCUT2D eigenvalue weighted by atomic mass is 10.2. The standard InChI is InChI=1S/C21H22BrN3O2S.ClH/c22-17-7-2-1-6-16(17)20(26)25(11-5-10-24-12-14-27-15-13-24)21-23-18-8-3-4-9-19(18)28-21;/h1-4,6-9H,5,10-15H2;1H. The number of hydrogen-bond donors (Lipinski definition) is 0. The summed E-state index contributed by atoms with van der Waals surface area (Å²) in [6.45, 7) is 5.08. The number of rotatable bonds is 6. The fourth-order valence-corrected chi connectivity index (χ4v) is 4.76. The van der Waals surface area contributed by atoms with Gasteiger partial charge in [0.25, 0.3) is 5.91 Å². The molecule has 0 unspecified atom stereocenters. The van der Waals surface area contributed by atoms with Crippen molar-refractivity contribution < 1.29 is 9.53 Å². The third-order valence-corrected chi connectivity index (χ3v) is 6.57. The molecule has 1 saturated heterocycles. The number of morpholine rings is 1. The Hall–Kier alpha value is -1.51. The van der Waals surface area contributed by atoms with Gasteiger partial charge in [0.05, 0.1) is 29.0 Å². The number of anilines is 1. The van der Waals surface area contributed by atoms with Gasteiger partial charge in [-0.05, 0) is 46.6 Å². The zero-order valence-corrected chi connectivity index (χ0v) is 19.1. The second-order valence-electron chi connectivity index (χ2n) is 6.71. The van der Waals surface area contributed by atoms with Crippen molar-refractivity contribution in [2.45, 2.75) is 6.42 Å². The molecular formula is C21H23BrClN3O2S. The van der Waals surface area contributed by atoms with Crippen LogP contribution in [0.25, 0.3) is 10.2 Å². The number of para-hydroxylation sites is 1. The van der Waals surface area contributed by atoms with Crippen LogP contribution in [0, 0.1) is 0 Å². The molecule has 154 valence electrons. The molecule has 0 atom stereocenters. The minimum Gasteiger partial charge on any atom is -0.379 e. The van der Waals surface area contributed by atoms with Crippen molar-refractivity contribution in [1.29, 1.82) is 0 Å². The van der Waals surface area contributed by atoms with E-state index in [4.69, 9.17) is 9.72 Å². The summed E-state index contributed by atoms with van der Waals surface area (Å²) in [7, 11) is 0. The zero-order chi connectivity index (χ0) is 19.3. The van der Waals surface area contributed by atoms with Crippen LogP contribution in [0.3, 0.4) is 0 Å². The van der Waals surface area contributed by atoms with E-state index in [1.165, 1.54) is 0 Å². The number of aromatic nitrogens is 1. The van der Waals surface area contributed by atoms with Gasteiger partial charge in [0, 0.05) is 30.7 Å². The number of carbonyl (C=O) groups is 1. The number of ether oxygens (including phenoxy) is 1. The molecule has 0 saturated carbocycles. The van der Waals surface area contributed by atoms with E-state index in [-0.39, 0.29) is 18.3 Å². The van der Waals surface area contributed by atoms with Gasteiger partial charge in [-0.3, -0.25) is 14.6 Å². The first-order chi connectivity index (χ1) is 13.7. The van der Waals surface area contributed by atoms with Gasteiger partial charge in [0.1, 0.15) is 0 Å². The lowest BCUT2D eigenvalue weighted by molar-refractivity contribution is 0.0376. The molecule has 1 aliphatic rings. The molecule has 1 fully saturated rings. The molecule has 3 aromatic rings. The number of amides is 1. The third kappa shape index (κ3) is 5.35. The Morgan fingerprint density at radius 1 is 1.14 bits per heavy atom. The minimum absolute atomic E-state index is 0. The Morgan fingerprint density at radius 2 is 1.86 bits per heavy atom. The molecule has 2 aromatic carbocycles. The fraction of sp³-hybridized carbons (Fsp3) is 0.333. The van der Waals surface area contributed by atoms with Gasteiger partial charge in [-0.2, -0.15) is 0 Å². The van der Waals surface area contributed by atoms with Crippen LogP contribution < -0.4 is 4.90 Å². The third-order valence-electron chi connectivity index (χ3n) is 4.82. The van der Waals surface area contributed by atoms with Gasteiger partial charge in [-0.1, -0.05) is 35.6 Å². The molecule has 0 radical (unpaired) electrons. The summed E-state index contributed by atoms with van der Waals surface area (Å²) in [4.78, 5) is 22.3. The van der Waals surface area contributed by atoms with Gasteiger partial charge in [-0.25, -0.2) is 4.98 Å². The van der Waals surface area contributed by atoms with Crippen LogP contribution in [-0.4, -0.2) is 55.2 Å². The van der Waals surface area contributed by atoms with Crippen molar-refractivity contribution in [2.24, 2.45) is 0 Å². The van der Waals surface area contributed by atoms with Gasteiger partial charge in [-0.15, -0.1) is 12.4 Å². The molecule has 0 spiro atoms. The summed E-state index contributed by atoms with van der Waals surface area (Å²) >= 11 is 5.08. The molecule has 2 heterocycles. The van der Waals surface area contributed by atoms with Crippen LogP contribution in [0.5, 0.6) is 0 Å². The fourth-order valence-electron chi connectivity index (χ4n) is 3.32. The lowest BCUT2D eigenvalue weighted by Crippen LogP contribution is -2.39. The Bertz CT molecular complexity index is 929. The van der Waals surface area contributed by atoms with E-state index in [1.54, 1.807) is 11.3 Å². The van der Waals surface area contributed by atoms with Crippen molar-refractivity contribution in [2.75, 3.05) is 44.3 Å². The lowest BCUT2D eigenvalue weighted by Gasteiger charge is -2.27. The molecule has 0 N–H and O–H groups in total. The molecular weight excluding hydrogens is 474 g/mol. The maximum Gasteiger partial charge on any atom is 0.261 e. The topological polar surface area (TPSA) is 45.7 Å². The van der Waals surface area contributed by atoms with E-state index in [2.05, 4.69) is 20.8 Å². The molecule has 0 bridgehead atoms. The summed E-state index contributed by atoms with van der Waals surface area (Å²) in [5.41, 5.74) is 1.59. The molecule has 1 amide bonds. The summed E-state index contributed by atoms with van der Waals surface area (Å²) < 4.78 is 7.32. The average Bonchev–Trinajstić information content (AvgIpc) is 3.16. The highest BCUT2D eigenvalue weighted by atomic mass is 79.9. The molecule has 1 aromatic heterocycles. The quantitative estimate of drug-likeness (QED) is 0.489. The first kappa shape index (κ1) is 22.2. The zero-order valence-electron chi connectivity index (χ0n) is 15.9. The predicted octanol–water partition coefficient (Wildman–Crippen LogP) is 4.85. The van der Waals surface area contributed by atoms with E-state index in [0.717, 1.165) is 59.1 Å².